The molecule has 2 heterocycles. The van der Waals surface area contributed by atoms with Crippen LogP contribution in [0.2, 0.25) is 0 Å². The minimum absolute atomic E-state index is 0.0622. The van der Waals surface area contributed by atoms with Crippen molar-refractivity contribution >= 4 is 33.5 Å². The zero-order chi connectivity index (χ0) is 22.4. The van der Waals surface area contributed by atoms with Crippen molar-refractivity contribution in [2.75, 3.05) is 0 Å². The average molecular weight is 429 g/mol. The number of carbonyl (C=O) groups excluding carboxylic acids is 2. The maximum atomic E-state index is 12.8. The van der Waals surface area contributed by atoms with Crippen LogP contribution >= 0.6 is 0 Å². The number of benzene rings is 2. The predicted molar refractivity (Wildman–Crippen MR) is 121 cm³/mol. The Kier molecular flexibility index (Phi) is 4.77. The zero-order valence-corrected chi connectivity index (χ0v) is 17.9. The van der Waals surface area contributed by atoms with Crippen LogP contribution in [0.1, 0.15) is 45.4 Å². The highest BCUT2D eigenvalue weighted by Crippen LogP contribution is 2.32. The molecule has 0 radical (unpaired) electrons. The molecule has 1 atom stereocenters. The fraction of sp³-hybridized carbons (Fsp3) is 0.250. The molecule has 8 heteroatoms. The van der Waals surface area contributed by atoms with Crippen LogP contribution in [0.25, 0.3) is 21.7 Å². The number of H-pyrrole nitrogens is 1. The Morgan fingerprint density at radius 3 is 2.62 bits per heavy atom. The number of nitrogens with zero attached hydrogens (tertiary/aromatic N) is 2. The number of amides is 2. The SMILES string of the molecule is C[C@@H]1CCc2[nH]c3ccc(C(=O)NNC(=O)c4nn(C)c(=O)c5ccccc45)cc3c2C1. The summed E-state index contributed by atoms with van der Waals surface area (Å²) in [6, 6.07) is 12.2. The van der Waals surface area contributed by atoms with Gasteiger partial charge >= 0.3 is 0 Å². The second-order valence-corrected chi connectivity index (χ2v) is 8.42. The number of fused-ring (bicyclic) bond motifs is 4. The van der Waals surface area contributed by atoms with Gasteiger partial charge in [0.05, 0.1) is 5.39 Å². The molecule has 0 unspecified atom stereocenters. The summed E-state index contributed by atoms with van der Waals surface area (Å²) < 4.78 is 1.11. The van der Waals surface area contributed by atoms with Gasteiger partial charge in [0.2, 0.25) is 0 Å². The van der Waals surface area contributed by atoms with E-state index in [1.54, 1.807) is 30.3 Å². The van der Waals surface area contributed by atoms with Gasteiger partial charge < -0.3 is 4.98 Å². The molecular weight excluding hydrogens is 406 g/mol. The van der Waals surface area contributed by atoms with Crippen molar-refractivity contribution in [3.05, 3.63) is 75.3 Å². The van der Waals surface area contributed by atoms with Gasteiger partial charge in [0, 0.05) is 34.6 Å². The van der Waals surface area contributed by atoms with Crippen molar-refractivity contribution < 1.29 is 9.59 Å². The minimum atomic E-state index is -0.598. The first kappa shape index (κ1) is 20.0. The van der Waals surface area contributed by atoms with Crippen molar-refractivity contribution in [2.24, 2.45) is 13.0 Å². The number of hydrazine groups is 1. The smallest absolute Gasteiger partial charge is 0.290 e. The maximum absolute atomic E-state index is 12.8. The van der Waals surface area contributed by atoms with Gasteiger partial charge in [-0.2, -0.15) is 5.10 Å². The third-order valence-corrected chi connectivity index (χ3v) is 6.16. The highest BCUT2D eigenvalue weighted by molar-refractivity contribution is 6.06. The summed E-state index contributed by atoms with van der Waals surface area (Å²) >= 11 is 0. The molecule has 2 aromatic carbocycles. The standard InChI is InChI=1S/C24H23N5O3/c1-13-7-9-19-17(11-13)18-12-14(8-10-20(18)25-19)22(30)26-27-23(31)21-15-5-3-4-6-16(15)24(32)29(2)28-21/h3-6,8,10,12-13,25H,7,9,11H2,1-2H3,(H,26,30)(H,27,31)/t13-/m1/s1. The zero-order valence-electron chi connectivity index (χ0n) is 17.9. The van der Waals surface area contributed by atoms with Gasteiger partial charge in [-0.25, -0.2) is 4.68 Å². The Morgan fingerprint density at radius 1 is 1.06 bits per heavy atom. The third kappa shape index (κ3) is 3.33. The van der Waals surface area contributed by atoms with E-state index in [1.165, 1.54) is 18.3 Å². The fourth-order valence-corrected chi connectivity index (χ4v) is 4.44. The minimum Gasteiger partial charge on any atom is -0.358 e. The van der Waals surface area contributed by atoms with Crippen LogP contribution in [-0.4, -0.2) is 26.6 Å². The molecule has 0 bridgehead atoms. The molecule has 8 nitrogen and oxygen atoms in total. The number of hydrogen-bond acceptors (Lipinski definition) is 4. The quantitative estimate of drug-likeness (QED) is 0.426. The highest BCUT2D eigenvalue weighted by atomic mass is 16.2. The molecule has 2 aromatic heterocycles. The Labute approximate surface area is 183 Å². The van der Waals surface area contributed by atoms with E-state index in [0.717, 1.165) is 34.8 Å². The van der Waals surface area contributed by atoms with Gasteiger partial charge in [0.15, 0.2) is 5.69 Å². The third-order valence-electron chi connectivity index (χ3n) is 6.16. The van der Waals surface area contributed by atoms with E-state index in [0.29, 0.717) is 22.3 Å². The van der Waals surface area contributed by atoms with Crippen molar-refractivity contribution in [3.8, 4) is 0 Å². The molecule has 0 saturated heterocycles. The summed E-state index contributed by atoms with van der Waals surface area (Å²) in [6.07, 6.45) is 3.17. The second kappa shape index (κ2) is 7.64. The summed E-state index contributed by atoms with van der Waals surface area (Å²) in [5.41, 5.74) is 8.65. The van der Waals surface area contributed by atoms with E-state index >= 15 is 0 Å². The molecular formula is C24H23N5O3. The number of aromatic nitrogens is 3. The van der Waals surface area contributed by atoms with Crippen molar-refractivity contribution in [1.29, 1.82) is 0 Å². The monoisotopic (exact) mass is 429 g/mol. The van der Waals surface area contributed by atoms with E-state index in [9.17, 15) is 14.4 Å². The number of hydrogen-bond donors (Lipinski definition) is 3. The molecule has 0 aliphatic heterocycles. The first-order valence-corrected chi connectivity index (χ1v) is 10.6. The van der Waals surface area contributed by atoms with Crippen LogP contribution in [0.3, 0.4) is 0 Å². The van der Waals surface area contributed by atoms with Gasteiger partial charge in [0.25, 0.3) is 17.4 Å². The van der Waals surface area contributed by atoms with Gasteiger partial charge in [-0.3, -0.25) is 25.2 Å². The number of nitrogens with one attached hydrogen (secondary N) is 3. The summed E-state index contributed by atoms with van der Waals surface area (Å²) in [6.45, 7) is 2.24. The molecule has 5 rings (SSSR count). The first-order chi connectivity index (χ1) is 15.4. The van der Waals surface area contributed by atoms with E-state index < -0.39 is 11.8 Å². The first-order valence-electron chi connectivity index (χ1n) is 10.6. The Hall–Kier alpha value is -3.94. The lowest BCUT2D eigenvalue weighted by Crippen LogP contribution is -2.42. The average Bonchev–Trinajstić information content (AvgIpc) is 3.16. The van der Waals surface area contributed by atoms with Gasteiger partial charge in [-0.1, -0.05) is 25.1 Å². The lowest BCUT2D eigenvalue weighted by Gasteiger charge is -2.18. The lowest BCUT2D eigenvalue weighted by atomic mass is 9.87. The Bertz CT molecular complexity index is 1450. The highest BCUT2D eigenvalue weighted by Gasteiger charge is 2.21. The number of carbonyl (C=O) groups is 2. The molecule has 2 amide bonds. The molecule has 32 heavy (non-hydrogen) atoms. The Balaban J connectivity index is 1.38. The largest absolute Gasteiger partial charge is 0.358 e. The molecule has 0 saturated carbocycles. The lowest BCUT2D eigenvalue weighted by molar-refractivity contribution is 0.0844. The molecule has 4 aromatic rings. The molecule has 3 N–H and O–H groups in total. The normalized spacial score (nSPS) is 15.5. The van der Waals surface area contributed by atoms with Crippen LogP contribution in [0.5, 0.6) is 0 Å². The fourth-order valence-electron chi connectivity index (χ4n) is 4.44. The van der Waals surface area contributed by atoms with Gasteiger partial charge in [-0.05, 0) is 55.0 Å². The van der Waals surface area contributed by atoms with Crippen LogP contribution in [0.4, 0.5) is 0 Å². The van der Waals surface area contributed by atoms with Crippen molar-refractivity contribution in [2.45, 2.75) is 26.2 Å². The number of aromatic amines is 1. The van der Waals surface area contributed by atoms with Crippen LogP contribution in [0.15, 0.2) is 47.3 Å². The summed E-state index contributed by atoms with van der Waals surface area (Å²) in [4.78, 5) is 41.2. The van der Waals surface area contributed by atoms with Crippen LogP contribution in [-0.2, 0) is 19.9 Å². The predicted octanol–water partition coefficient (Wildman–Crippen LogP) is 2.61. The van der Waals surface area contributed by atoms with Crippen LogP contribution in [0, 0.1) is 5.92 Å². The maximum Gasteiger partial charge on any atom is 0.290 e. The molecule has 0 fully saturated rings. The van der Waals surface area contributed by atoms with E-state index in [2.05, 4.69) is 27.9 Å². The van der Waals surface area contributed by atoms with E-state index in [4.69, 9.17) is 0 Å². The summed E-state index contributed by atoms with van der Waals surface area (Å²) in [5, 5.41) is 5.94. The summed E-state index contributed by atoms with van der Waals surface area (Å²) in [7, 11) is 1.48. The summed E-state index contributed by atoms with van der Waals surface area (Å²) in [5.74, 6) is -0.408. The molecule has 0 spiro atoms. The van der Waals surface area contributed by atoms with Gasteiger partial charge in [-0.15, -0.1) is 0 Å². The van der Waals surface area contributed by atoms with Crippen molar-refractivity contribution in [3.63, 3.8) is 0 Å². The van der Waals surface area contributed by atoms with E-state index in [1.807, 2.05) is 12.1 Å². The van der Waals surface area contributed by atoms with E-state index in [-0.39, 0.29) is 11.3 Å². The number of aryl methyl sites for hydroxylation is 2. The van der Waals surface area contributed by atoms with Gasteiger partial charge in [0.1, 0.15) is 0 Å². The molecule has 1 aliphatic rings. The number of rotatable bonds is 2. The molecule has 1 aliphatic carbocycles. The Morgan fingerprint density at radius 2 is 1.81 bits per heavy atom. The van der Waals surface area contributed by atoms with Crippen molar-refractivity contribution in [1.82, 2.24) is 25.6 Å². The van der Waals surface area contributed by atoms with Crippen LogP contribution < -0.4 is 16.4 Å². The second-order valence-electron chi connectivity index (χ2n) is 8.42. The molecule has 162 valence electrons. The topological polar surface area (TPSA) is 109 Å².